The van der Waals surface area contributed by atoms with Crippen LogP contribution in [0.3, 0.4) is 0 Å². The molecule has 0 bridgehead atoms. The second-order valence-electron chi connectivity index (χ2n) is 4.00. The lowest BCUT2D eigenvalue weighted by Gasteiger charge is -2.13. The molecule has 2 aromatic rings. The smallest absolute Gasteiger partial charge is 0.123 e. The van der Waals surface area contributed by atoms with Crippen molar-refractivity contribution in [2.75, 3.05) is 0 Å². The van der Waals surface area contributed by atoms with Gasteiger partial charge < -0.3 is 5.73 Å². The van der Waals surface area contributed by atoms with Gasteiger partial charge in [-0.3, -0.25) is 0 Å². The lowest BCUT2D eigenvalue weighted by Crippen LogP contribution is -2.06. The molecule has 18 heavy (non-hydrogen) atoms. The predicted molar refractivity (Wildman–Crippen MR) is 77.3 cm³/mol. The van der Waals surface area contributed by atoms with Crippen molar-refractivity contribution >= 4 is 27.7 Å². The third-order valence-electron chi connectivity index (χ3n) is 2.52. The predicted octanol–water partition coefficient (Wildman–Crippen LogP) is 4.76. The standard InChI is InChI=1S/C14H13BrFNS/c1-9(17)11-8-10(16)6-7-13(11)18-14-5-3-2-4-12(14)15/h2-9H,17H2,1H3/t9-/m0/s1. The van der Waals surface area contributed by atoms with Crippen LogP contribution in [0.5, 0.6) is 0 Å². The molecule has 0 aliphatic heterocycles. The zero-order chi connectivity index (χ0) is 13.1. The number of rotatable bonds is 3. The number of halogens is 2. The van der Waals surface area contributed by atoms with Crippen LogP contribution in [0.25, 0.3) is 0 Å². The largest absolute Gasteiger partial charge is 0.324 e. The third-order valence-corrected chi connectivity index (χ3v) is 4.64. The molecule has 2 aromatic carbocycles. The minimum absolute atomic E-state index is 0.189. The van der Waals surface area contributed by atoms with Crippen LogP contribution in [0, 0.1) is 5.82 Å². The quantitative estimate of drug-likeness (QED) is 0.880. The van der Waals surface area contributed by atoms with Crippen molar-refractivity contribution in [3.8, 4) is 0 Å². The topological polar surface area (TPSA) is 26.0 Å². The molecular weight excluding hydrogens is 313 g/mol. The molecule has 0 saturated heterocycles. The van der Waals surface area contributed by atoms with Gasteiger partial charge in [0.05, 0.1) is 0 Å². The molecule has 0 aliphatic rings. The fourth-order valence-corrected chi connectivity index (χ4v) is 3.19. The Kier molecular flexibility index (Phi) is 4.43. The zero-order valence-electron chi connectivity index (χ0n) is 9.86. The Labute approximate surface area is 119 Å². The Morgan fingerprint density at radius 1 is 1.17 bits per heavy atom. The van der Waals surface area contributed by atoms with Crippen molar-refractivity contribution in [2.24, 2.45) is 5.73 Å². The van der Waals surface area contributed by atoms with Gasteiger partial charge in [-0.1, -0.05) is 23.9 Å². The van der Waals surface area contributed by atoms with Crippen LogP contribution in [0.15, 0.2) is 56.7 Å². The normalized spacial score (nSPS) is 12.4. The van der Waals surface area contributed by atoms with E-state index in [0.717, 1.165) is 19.8 Å². The Hall–Kier alpha value is -0.840. The highest BCUT2D eigenvalue weighted by atomic mass is 79.9. The maximum atomic E-state index is 13.3. The minimum Gasteiger partial charge on any atom is -0.324 e. The highest BCUT2D eigenvalue weighted by Crippen LogP contribution is 2.36. The average molecular weight is 326 g/mol. The van der Waals surface area contributed by atoms with E-state index in [1.807, 2.05) is 31.2 Å². The molecule has 0 aliphatic carbocycles. The molecule has 1 atom stereocenters. The van der Waals surface area contributed by atoms with Crippen molar-refractivity contribution in [1.82, 2.24) is 0 Å². The first kappa shape index (κ1) is 13.6. The van der Waals surface area contributed by atoms with Gasteiger partial charge in [-0.2, -0.15) is 0 Å². The van der Waals surface area contributed by atoms with E-state index in [9.17, 15) is 4.39 Å². The van der Waals surface area contributed by atoms with Gasteiger partial charge in [-0.05, 0) is 58.7 Å². The molecule has 1 nitrogen and oxygen atoms in total. The Balaban J connectivity index is 2.37. The summed E-state index contributed by atoms with van der Waals surface area (Å²) in [4.78, 5) is 2.07. The first-order valence-corrected chi connectivity index (χ1v) is 7.16. The lowest BCUT2D eigenvalue weighted by atomic mass is 10.1. The van der Waals surface area contributed by atoms with Gasteiger partial charge in [0.2, 0.25) is 0 Å². The van der Waals surface area contributed by atoms with Gasteiger partial charge in [-0.15, -0.1) is 0 Å². The number of hydrogen-bond acceptors (Lipinski definition) is 2. The molecule has 0 unspecified atom stereocenters. The van der Waals surface area contributed by atoms with E-state index in [4.69, 9.17) is 5.73 Å². The van der Waals surface area contributed by atoms with E-state index >= 15 is 0 Å². The fraction of sp³-hybridized carbons (Fsp3) is 0.143. The summed E-state index contributed by atoms with van der Waals surface area (Å²) >= 11 is 5.09. The Morgan fingerprint density at radius 3 is 2.56 bits per heavy atom. The Bertz CT molecular complexity index is 557. The minimum atomic E-state index is -0.251. The van der Waals surface area contributed by atoms with Crippen LogP contribution in [0.4, 0.5) is 4.39 Å². The van der Waals surface area contributed by atoms with E-state index in [1.165, 1.54) is 12.1 Å². The molecule has 0 fully saturated rings. The second-order valence-corrected chi connectivity index (χ2v) is 5.94. The molecule has 0 spiro atoms. The SMILES string of the molecule is C[C@H](N)c1cc(F)ccc1Sc1ccccc1Br. The average Bonchev–Trinajstić information content (AvgIpc) is 2.34. The molecule has 0 amide bonds. The second kappa shape index (κ2) is 5.87. The maximum Gasteiger partial charge on any atom is 0.123 e. The van der Waals surface area contributed by atoms with Crippen LogP contribution in [-0.4, -0.2) is 0 Å². The number of benzene rings is 2. The Morgan fingerprint density at radius 2 is 1.89 bits per heavy atom. The van der Waals surface area contributed by atoms with Gasteiger partial charge in [0.15, 0.2) is 0 Å². The molecular formula is C14H13BrFNS. The van der Waals surface area contributed by atoms with Gasteiger partial charge >= 0.3 is 0 Å². The molecule has 2 rings (SSSR count). The summed E-state index contributed by atoms with van der Waals surface area (Å²) in [5, 5.41) is 0. The summed E-state index contributed by atoms with van der Waals surface area (Å²) in [5.41, 5.74) is 6.71. The summed E-state index contributed by atoms with van der Waals surface area (Å²) in [6.07, 6.45) is 0. The summed E-state index contributed by atoms with van der Waals surface area (Å²) in [6, 6.07) is 12.5. The van der Waals surface area contributed by atoms with Crippen LogP contribution in [0.1, 0.15) is 18.5 Å². The van der Waals surface area contributed by atoms with E-state index < -0.39 is 0 Å². The van der Waals surface area contributed by atoms with E-state index in [2.05, 4.69) is 15.9 Å². The molecule has 0 aromatic heterocycles. The highest BCUT2D eigenvalue weighted by molar-refractivity contribution is 9.10. The summed E-state index contributed by atoms with van der Waals surface area (Å²) < 4.78 is 14.3. The van der Waals surface area contributed by atoms with Gasteiger partial charge in [0.25, 0.3) is 0 Å². The van der Waals surface area contributed by atoms with Crippen LogP contribution in [0.2, 0.25) is 0 Å². The van der Waals surface area contributed by atoms with Crippen molar-refractivity contribution in [2.45, 2.75) is 22.8 Å². The first-order chi connectivity index (χ1) is 8.58. The van der Waals surface area contributed by atoms with E-state index in [0.29, 0.717) is 0 Å². The van der Waals surface area contributed by atoms with Crippen molar-refractivity contribution in [3.05, 3.63) is 58.3 Å². The van der Waals surface area contributed by atoms with E-state index in [-0.39, 0.29) is 11.9 Å². The van der Waals surface area contributed by atoms with Gasteiger partial charge in [0, 0.05) is 20.3 Å². The van der Waals surface area contributed by atoms with Crippen molar-refractivity contribution in [3.63, 3.8) is 0 Å². The fourth-order valence-electron chi connectivity index (χ4n) is 1.61. The molecule has 0 radical (unpaired) electrons. The maximum absolute atomic E-state index is 13.3. The van der Waals surface area contributed by atoms with Crippen LogP contribution >= 0.6 is 27.7 Å². The molecule has 0 heterocycles. The van der Waals surface area contributed by atoms with Gasteiger partial charge in [0.1, 0.15) is 5.82 Å². The van der Waals surface area contributed by atoms with E-state index in [1.54, 1.807) is 17.8 Å². The first-order valence-electron chi connectivity index (χ1n) is 5.55. The molecule has 94 valence electrons. The van der Waals surface area contributed by atoms with Crippen LogP contribution in [-0.2, 0) is 0 Å². The number of nitrogens with two attached hydrogens (primary N) is 1. The zero-order valence-corrected chi connectivity index (χ0v) is 12.3. The van der Waals surface area contributed by atoms with Crippen LogP contribution < -0.4 is 5.73 Å². The monoisotopic (exact) mass is 325 g/mol. The molecule has 4 heteroatoms. The highest BCUT2D eigenvalue weighted by Gasteiger charge is 2.10. The molecule has 0 saturated carbocycles. The number of hydrogen-bond donors (Lipinski definition) is 1. The van der Waals surface area contributed by atoms with Crippen molar-refractivity contribution < 1.29 is 4.39 Å². The summed E-state index contributed by atoms with van der Waals surface area (Å²) in [5.74, 6) is -0.251. The van der Waals surface area contributed by atoms with Gasteiger partial charge in [-0.25, -0.2) is 4.39 Å². The summed E-state index contributed by atoms with van der Waals surface area (Å²) in [6.45, 7) is 1.86. The summed E-state index contributed by atoms with van der Waals surface area (Å²) in [7, 11) is 0. The third kappa shape index (κ3) is 3.13. The van der Waals surface area contributed by atoms with Crippen molar-refractivity contribution in [1.29, 1.82) is 0 Å². The lowest BCUT2D eigenvalue weighted by molar-refractivity contribution is 0.619. The molecule has 2 N–H and O–H groups in total.